The topological polar surface area (TPSA) is 133 Å². The third kappa shape index (κ3) is 4.51. The van der Waals surface area contributed by atoms with Crippen LogP contribution in [0.4, 0.5) is 16.6 Å². The molecule has 3 N–H and O–H groups in total. The first-order valence-corrected chi connectivity index (χ1v) is 12.4. The largest absolute Gasteiger partial charge is 0.470 e. The lowest BCUT2D eigenvalue weighted by molar-refractivity contribution is 0.194. The van der Waals surface area contributed by atoms with Crippen LogP contribution in [0.25, 0.3) is 27.9 Å². The molecule has 6 rings (SSSR count). The van der Waals surface area contributed by atoms with E-state index in [4.69, 9.17) is 26.0 Å². The predicted molar refractivity (Wildman–Crippen MR) is 140 cm³/mol. The molecular weight excluding hydrogens is 496 g/mol. The minimum absolute atomic E-state index is 0.0500. The van der Waals surface area contributed by atoms with Crippen molar-refractivity contribution < 1.29 is 9.21 Å². The fraction of sp³-hybridized carbons (Fsp3) is 0.292. The zero-order chi connectivity index (χ0) is 25.4. The second-order valence-corrected chi connectivity index (χ2v) is 9.09. The standard InChI is InChI=1S/C24H25ClN10O2/c1-2-26-24(36)34-8-6-33(7-9-34)23-31-21(20-22(32-23)35(14-28-20)16-5-10-37-13-16)27-12-19-29-17-4-3-15(25)11-18(17)30-19/h3-5,10-11,13-14H,2,6-9,12H2,1H3,(H,26,36)(H,29,30)(H,27,31,32). The highest BCUT2D eigenvalue weighted by Crippen LogP contribution is 2.26. The van der Waals surface area contributed by atoms with Crippen molar-refractivity contribution in [1.82, 2.24) is 39.7 Å². The third-order valence-electron chi connectivity index (χ3n) is 6.26. The van der Waals surface area contributed by atoms with Crippen molar-refractivity contribution in [3.63, 3.8) is 0 Å². The average Bonchev–Trinajstić information content (AvgIpc) is 3.66. The molecule has 0 spiro atoms. The number of urea groups is 1. The van der Waals surface area contributed by atoms with E-state index in [1.54, 1.807) is 23.8 Å². The van der Waals surface area contributed by atoms with E-state index in [0.717, 1.165) is 22.5 Å². The molecule has 190 valence electrons. The van der Waals surface area contributed by atoms with Crippen LogP contribution in [0, 0.1) is 0 Å². The van der Waals surface area contributed by atoms with E-state index in [-0.39, 0.29) is 6.03 Å². The predicted octanol–water partition coefficient (Wildman–Crippen LogP) is 3.40. The molecule has 1 aliphatic heterocycles. The Hall–Kier alpha value is -4.32. The molecule has 0 bridgehead atoms. The lowest BCUT2D eigenvalue weighted by Gasteiger charge is -2.34. The zero-order valence-electron chi connectivity index (χ0n) is 20.1. The SMILES string of the molecule is CCNC(=O)N1CCN(c2nc(NCc3nc4ccc(Cl)cc4[nH]3)c3ncn(-c4ccoc4)c3n2)CC1. The summed E-state index contributed by atoms with van der Waals surface area (Å²) in [6.07, 6.45) is 4.95. The van der Waals surface area contributed by atoms with Crippen LogP contribution in [-0.4, -0.2) is 73.1 Å². The van der Waals surface area contributed by atoms with Gasteiger partial charge in [-0.25, -0.2) is 14.8 Å². The second kappa shape index (κ2) is 9.62. The van der Waals surface area contributed by atoms with Gasteiger partial charge in [-0.15, -0.1) is 0 Å². The molecule has 0 atom stereocenters. The molecule has 0 radical (unpaired) electrons. The van der Waals surface area contributed by atoms with Crippen LogP contribution in [0.5, 0.6) is 0 Å². The smallest absolute Gasteiger partial charge is 0.317 e. The zero-order valence-corrected chi connectivity index (χ0v) is 20.9. The number of nitrogens with zero attached hydrogens (tertiary/aromatic N) is 7. The van der Waals surface area contributed by atoms with Gasteiger partial charge >= 0.3 is 6.03 Å². The number of fused-ring (bicyclic) bond motifs is 2. The Morgan fingerprint density at radius 3 is 2.81 bits per heavy atom. The van der Waals surface area contributed by atoms with Gasteiger partial charge < -0.3 is 29.8 Å². The molecule has 4 aromatic heterocycles. The van der Waals surface area contributed by atoms with Gasteiger partial charge in [0, 0.05) is 43.8 Å². The van der Waals surface area contributed by atoms with Crippen LogP contribution in [-0.2, 0) is 6.54 Å². The number of anilines is 2. The number of imidazole rings is 2. The van der Waals surface area contributed by atoms with E-state index >= 15 is 0 Å². The highest BCUT2D eigenvalue weighted by molar-refractivity contribution is 6.31. The fourth-order valence-corrected chi connectivity index (χ4v) is 4.57. The second-order valence-electron chi connectivity index (χ2n) is 8.65. The first-order chi connectivity index (χ1) is 18.1. The number of aromatic amines is 1. The van der Waals surface area contributed by atoms with Crippen molar-refractivity contribution in [2.24, 2.45) is 0 Å². The van der Waals surface area contributed by atoms with Crippen LogP contribution in [0.15, 0.2) is 47.5 Å². The van der Waals surface area contributed by atoms with Crippen molar-refractivity contribution in [1.29, 1.82) is 0 Å². The van der Waals surface area contributed by atoms with Crippen molar-refractivity contribution in [3.8, 4) is 5.69 Å². The van der Waals surface area contributed by atoms with Crippen LogP contribution in [0.2, 0.25) is 5.02 Å². The molecule has 1 saturated heterocycles. The van der Waals surface area contributed by atoms with E-state index in [1.165, 1.54) is 0 Å². The van der Waals surface area contributed by atoms with Gasteiger partial charge in [0.15, 0.2) is 17.0 Å². The number of hydrogen-bond donors (Lipinski definition) is 3. The molecule has 12 nitrogen and oxygen atoms in total. The van der Waals surface area contributed by atoms with Crippen LogP contribution < -0.4 is 15.5 Å². The Kier molecular flexibility index (Phi) is 6.01. The molecule has 0 aliphatic carbocycles. The molecule has 5 aromatic rings. The Morgan fingerprint density at radius 1 is 1.16 bits per heavy atom. The number of piperazine rings is 1. The van der Waals surface area contributed by atoms with E-state index in [1.807, 2.05) is 35.8 Å². The molecular formula is C24H25ClN10O2. The summed E-state index contributed by atoms with van der Waals surface area (Å²) >= 11 is 6.12. The van der Waals surface area contributed by atoms with Gasteiger partial charge in [0.05, 0.1) is 29.5 Å². The summed E-state index contributed by atoms with van der Waals surface area (Å²) in [7, 11) is 0. The minimum atomic E-state index is -0.0500. The lowest BCUT2D eigenvalue weighted by atomic mass is 10.3. The lowest BCUT2D eigenvalue weighted by Crippen LogP contribution is -2.52. The van der Waals surface area contributed by atoms with Crippen molar-refractivity contribution in [2.75, 3.05) is 42.9 Å². The Morgan fingerprint density at radius 2 is 2.03 bits per heavy atom. The summed E-state index contributed by atoms with van der Waals surface area (Å²) in [5.74, 6) is 1.90. The fourth-order valence-electron chi connectivity index (χ4n) is 4.39. The molecule has 5 heterocycles. The van der Waals surface area contributed by atoms with Gasteiger partial charge in [0.2, 0.25) is 5.95 Å². The maximum atomic E-state index is 12.2. The van der Waals surface area contributed by atoms with Crippen molar-refractivity contribution in [2.45, 2.75) is 13.5 Å². The maximum Gasteiger partial charge on any atom is 0.317 e. The highest BCUT2D eigenvalue weighted by atomic mass is 35.5. The van der Waals surface area contributed by atoms with Crippen molar-refractivity contribution in [3.05, 3.63) is 54.0 Å². The Bertz CT molecular complexity index is 1550. The minimum Gasteiger partial charge on any atom is -0.470 e. The number of amides is 2. The summed E-state index contributed by atoms with van der Waals surface area (Å²) < 4.78 is 7.14. The number of halogens is 1. The van der Waals surface area contributed by atoms with Crippen LogP contribution >= 0.6 is 11.6 Å². The number of H-pyrrole nitrogens is 1. The summed E-state index contributed by atoms with van der Waals surface area (Å²) in [4.78, 5) is 38.3. The number of aromatic nitrogens is 6. The first kappa shape index (κ1) is 23.1. The Labute approximate surface area is 216 Å². The number of furan rings is 1. The number of rotatable bonds is 6. The summed E-state index contributed by atoms with van der Waals surface area (Å²) in [5, 5.41) is 6.89. The monoisotopic (exact) mass is 520 g/mol. The summed E-state index contributed by atoms with van der Waals surface area (Å²) in [5.41, 5.74) is 3.80. The molecule has 1 aromatic carbocycles. The quantitative estimate of drug-likeness (QED) is 0.310. The third-order valence-corrected chi connectivity index (χ3v) is 6.50. The van der Waals surface area contributed by atoms with Gasteiger partial charge in [-0.3, -0.25) is 4.57 Å². The number of nitrogens with one attached hydrogen (secondary N) is 3. The number of carbonyl (C=O) groups is 1. The van der Waals surface area contributed by atoms with E-state index in [0.29, 0.717) is 67.2 Å². The van der Waals surface area contributed by atoms with Crippen LogP contribution in [0.3, 0.4) is 0 Å². The molecule has 13 heteroatoms. The molecule has 0 saturated carbocycles. The normalized spacial score (nSPS) is 14.0. The van der Waals surface area contributed by atoms with Crippen molar-refractivity contribution >= 4 is 51.6 Å². The number of benzene rings is 1. The maximum absolute atomic E-state index is 12.2. The van der Waals surface area contributed by atoms with Gasteiger partial charge in [-0.2, -0.15) is 9.97 Å². The van der Waals surface area contributed by atoms with E-state index < -0.39 is 0 Å². The highest BCUT2D eigenvalue weighted by Gasteiger charge is 2.24. The van der Waals surface area contributed by atoms with Gasteiger partial charge in [0.25, 0.3) is 0 Å². The first-order valence-electron chi connectivity index (χ1n) is 12.0. The van der Waals surface area contributed by atoms with E-state index in [2.05, 4.69) is 30.5 Å². The molecule has 37 heavy (non-hydrogen) atoms. The van der Waals surface area contributed by atoms with Gasteiger partial charge in [-0.05, 0) is 25.1 Å². The van der Waals surface area contributed by atoms with Crippen LogP contribution in [0.1, 0.15) is 12.7 Å². The molecule has 1 fully saturated rings. The Balaban J connectivity index is 1.31. The summed E-state index contributed by atoms with van der Waals surface area (Å²) in [6, 6.07) is 7.34. The molecule has 1 aliphatic rings. The van der Waals surface area contributed by atoms with Gasteiger partial charge in [-0.1, -0.05) is 11.6 Å². The number of hydrogen-bond acceptors (Lipinski definition) is 8. The summed E-state index contributed by atoms with van der Waals surface area (Å²) in [6.45, 7) is 5.32. The van der Waals surface area contributed by atoms with E-state index in [9.17, 15) is 4.79 Å². The number of carbonyl (C=O) groups excluding carboxylic acids is 1. The average molecular weight is 521 g/mol. The van der Waals surface area contributed by atoms with Gasteiger partial charge in [0.1, 0.15) is 18.4 Å². The molecule has 2 amide bonds. The molecule has 0 unspecified atom stereocenters.